The van der Waals surface area contributed by atoms with E-state index >= 15 is 0 Å². The quantitative estimate of drug-likeness (QED) is 0.146. The zero-order valence-electron chi connectivity index (χ0n) is 29.2. The van der Waals surface area contributed by atoms with Crippen LogP contribution in [0.4, 0.5) is 0 Å². The lowest BCUT2D eigenvalue weighted by atomic mass is 9.33. The maximum atomic E-state index is 13.0. The number of aliphatic carboxylic acids is 3. The third kappa shape index (κ3) is 5.70. The van der Waals surface area contributed by atoms with Crippen molar-refractivity contribution >= 4 is 29.8 Å². The number of hydrogen-bond acceptors (Lipinski definition) is 7. The Bertz CT molecular complexity index is 1470. The van der Waals surface area contributed by atoms with Crippen molar-refractivity contribution in [2.45, 2.75) is 112 Å². The highest BCUT2D eigenvalue weighted by molar-refractivity contribution is 5.91. The number of ether oxygens (including phenoxy) is 2. The summed E-state index contributed by atoms with van der Waals surface area (Å²) in [5.41, 5.74) is -0.710. The average molecular weight is 669 g/mol. The van der Waals surface area contributed by atoms with E-state index in [-0.39, 0.29) is 46.0 Å². The summed E-state index contributed by atoms with van der Waals surface area (Å²) in [5, 5.41) is 28.7. The van der Waals surface area contributed by atoms with Gasteiger partial charge in [0.1, 0.15) is 12.7 Å². The van der Waals surface area contributed by atoms with Crippen LogP contribution in [-0.2, 0) is 33.4 Å². The number of carbonyl (C=O) groups is 5. The standard InChI is InChI=1S/C38H52O10/c1-33(2)17-19-38(32(45)46)20-18-36(5)23(24(38)21-33)7-8-26-34(3)15-14-27(48-31(44)12-10-29(41)42)35(4,25(34)13-16-37(26,36)6)22-47-30(43)11-9-28(39)40/h7,9-12,24-27H,8,13-22H2,1-6H3,(H,39,40)(H,41,42)(H,45,46)/b11-9-,12-10-/t24-,25+,26+,27-,34-,35-,36+,37+,38-/m0/s1. The van der Waals surface area contributed by atoms with E-state index in [2.05, 4.69) is 40.7 Å². The number of carboxylic acid groups (broad SMARTS) is 3. The summed E-state index contributed by atoms with van der Waals surface area (Å²) in [6.45, 7) is 13.5. The van der Waals surface area contributed by atoms with Crippen molar-refractivity contribution in [3.63, 3.8) is 0 Å². The summed E-state index contributed by atoms with van der Waals surface area (Å²) in [4.78, 5) is 60.4. The molecule has 0 aromatic carbocycles. The second-order valence-electron chi connectivity index (χ2n) is 17.1. The first-order valence-electron chi connectivity index (χ1n) is 17.4. The van der Waals surface area contributed by atoms with Crippen LogP contribution in [0.15, 0.2) is 36.0 Å². The minimum Gasteiger partial charge on any atom is -0.481 e. The molecule has 264 valence electrons. The van der Waals surface area contributed by atoms with Crippen molar-refractivity contribution < 1.29 is 48.8 Å². The second-order valence-corrected chi connectivity index (χ2v) is 17.1. The van der Waals surface area contributed by atoms with E-state index in [1.54, 1.807) is 0 Å². The van der Waals surface area contributed by atoms with E-state index < -0.39 is 46.8 Å². The van der Waals surface area contributed by atoms with Gasteiger partial charge in [-0.2, -0.15) is 0 Å². The monoisotopic (exact) mass is 668 g/mol. The number of esters is 2. The van der Waals surface area contributed by atoms with Gasteiger partial charge in [-0.25, -0.2) is 19.2 Å². The lowest BCUT2D eigenvalue weighted by molar-refractivity contribution is -0.225. The first-order valence-corrected chi connectivity index (χ1v) is 17.4. The zero-order valence-corrected chi connectivity index (χ0v) is 29.2. The Balaban J connectivity index is 1.51. The van der Waals surface area contributed by atoms with Gasteiger partial charge in [0, 0.05) is 29.7 Å². The van der Waals surface area contributed by atoms with Gasteiger partial charge in [0.15, 0.2) is 0 Å². The number of allylic oxidation sites excluding steroid dienone is 2. The lowest BCUT2D eigenvalue weighted by Gasteiger charge is -2.71. The highest BCUT2D eigenvalue weighted by Gasteiger charge is 2.70. The van der Waals surface area contributed by atoms with E-state index in [1.165, 1.54) is 5.57 Å². The molecule has 0 bridgehead atoms. The smallest absolute Gasteiger partial charge is 0.331 e. The SMILES string of the molecule is CC1(C)CC[C@]2(C(=O)O)CC[C@]3(C)C(=CC[C@@H]4[C@@]5(C)CC[C@H](OC(=O)/C=C\C(=O)O)[C@@](C)(COC(=O)/C=C\C(=O)O)[C@@H]5CC[C@]43C)[C@@H]2C1. The van der Waals surface area contributed by atoms with Crippen LogP contribution in [0.5, 0.6) is 0 Å². The molecule has 10 heteroatoms. The normalized spacial score (nSPS) is 41.6. The Morgan fingerprint density at radius 3 is 2.02 bits per heavy atom. The molecule has 10 nitrogen and oxygen atoms in total. The van der Waals surface area contributed by atoms with E-state index in [1.807, 2.05) is 6.92 Å². The summed E-state index contributed by atoms with van der Waals surface area (Å²) < 4.78 is 11.6. The number of carbonyl (C=O) groups excluding carboxylic acids is 2. The van der Waals surface area contributed by atoms with Gasteiger partial charge in [0.25, 0.3) is 0 Å². The summed E-state index contributed by atoms with van der Waals surface area (Å²) >= 11 is 0. The summed E-state index contributed by atoms with van der Waals surface area (Å²) in [5.74, 6) is -4.60. The Morgan fingerprint density at radius 2 is 1.40 bits per heavy atom. The van der Waals surface area contributed by atoms with Crippen LogP contribution >= 0.6 is 0 Å². The van der Waals surface area contributed by atoms with Crippen LogP contribution in [0, 0.1) is 50.2 Å². The third-order valence-corrected chi connectivity index (χ3v) is 14.3. The van der Waals surface area contributed by atoms with Gasteiger partial charge in [0.05, 0.1) is 5.41 Å². The average Bonchev–Trinajstić information content (AvgIpc) is 2.99. The van der Waals surface area contributed by atoms with Crippen molar-refractivity contribution in [2.24, 2.45) is 50.2 Å². The second kappa shape index (κ2) is 12.2. The van der Waals surface area contributed by atoms with Gasteiger partial charge < -0.3 is 24.8 Å². The van der Waals surface area contributed by atoms with Gasteiger partial charge in [-0.05, 0) is 104 Å². The van der Waals surface area contributed by atoms with Crippen LogP contribution in [0.1, 0.15) is 106 Å². The van der Waals surface area contributed by atoms with Gasteiger partial charge in [-0.15, -0.1) is 0 Å². The minimum atomic E-state index is -1.27. The molecule has 5 aliphatic rings. The zero-order chi connectivity index (χ0) is 35.5. The first kappa shape index (κ1) is 35.9. The Kier molecular flexibility index (Phi) is 9.09. The molecule has 4 saturated carbocycles. The number of rotatable bonds is 8. The molecule has 0 saturated heterocycles. The molecule has 48 heavy (non-hydrogen) atoms. The van der Waals surface area contributed by atoms with Crippen LogP contribution in [0.25, 0.3) is 0 Å². The Labute approximate surface area is 283 Å². The predicted octanol–water partition coefficient (Wildman–Crippen LogP) is 6.59. The minimum absolute atomic E-state index is 0.00153. The molecule has 0 heterocycles. The molecule has 0 aromatic heterocycles. The molecule has 0 radical (unpaired) electrons. The fourth-order valence-electron chi connectivity index (χ4n) is 11.5. The molecule has 0 spiro atoms. The van der Waals surface area contributed by atoms with Gasteiger partial charge >= 0.3 is 29.8 Å². The van der Waals surface area contributed by atoms with Gasteiger partial charge in [-0.3, -0.25) is 4.79 Å². The number of fused-ring (bicyclic) bond motifs is 7. The fourth-order valence-corrected chi connectivity index (χ4v) is 11.5. The number of carboxylic acids is 3. The molecular weight excluding hydrogens is 616 g/mol. The largest absolute Gasteiger partial charge is 0.481 e. The Hall–Kier alpha value is -3.43. The fraction of sp³-hybridized carbons (Fsp3) is 0.711. The lowest BCUT2D eigenvalue weighted by Crippen LogP contribution is -2.66. The highest BCUT2D eigenvalue weighted by Crippen LogP contribution is 2.76. The predicted molar refractivity (Wildman–Crippen MR) is 175 cm³/mol. The van der Waals surface area contributed by atoms with Crippen LogP contribution in [0.3, 0.4) is 0 Å². The van der Waals surface area contributed by atoms with Crippen molar-refractivity contribution in [1.29, 1.82) is 0 Å². The van der Waals surface area contributed by atoms with Crippen molar-refractivity contribution in [1.82, 2.24) is 0 Å². The summed E-state index contributed by atoms with van der Waals surface area (Å²) in [6, 6.07) is 0. The van der Waals surface area contributed by atoms with Crippen molar-refractivity contribution in [3.05, 3.63) is 36.0 Å². The third-order valence-electron chi connectivity index (χ3n) is 14.3. The van der Waals surface area contributed by atoms with E-state index in [4.69, 9.17) is 19.7 Å². The topological polar surface area (TPSA) is 164 Å². The molecule has 0 unspecified atom stereocenters. The molecule has 9 atom stereocenters. The van der Waals surface area contributed by atoms with Crippen molar-refractivity contribution in [2.75, 3.05) is 6.61 Å². The molecule has 0 aromatic rings. The first-order chi connectivity index (χ1) is 22.2. The van der Waals surface area contributed by atoms with E-state index in [0.717, 1.165) is 69.2 Å². The molecule has 4 fully saturated rings. The van der Waals surface area contributed by atoms with Crippen molar-refractivity contribution in [3.8, 4) is 0 Å². The Morgan fingerprint density at radius 1 is 0.771 bits per heavy atom. The molecule has 5 rings (SSSR count). The number of hydrogen-bond donors (Lipinski definition) is 3. The van der Waals surface area contributed by atoms with Crippen LogP contribution in [0.2, 0.25) is 0 Å². The van der Waals surface area contributed by atoms with E-state index in [0.29, 0.717) is 19.3 Å². The molecule has 3 N–H and O–H groups in total. The summed E-state index contributed by atoms with van der Waals surface area (Å²) in [6.07, 6.45) is 12.6. The highest BCUT2D eigenvalue weighted by atomic mass is 16.6. The molecule has 0 aliphatic heterocycles. The van der Waals surface area contributed by atoms with Crippen LogP contribution < -0.4 is 0 Å². The summed E-state index contributed by atoms with van der Waals surface area (Å²) in [7, 11) is 0. The maximum Gasteiger partial charge on any atom is 0.331 e. The van der Waals surface area contributed by atoms with Crippen LogP contribution in [-0.4, -0.2) is 57.9 Å². The molecular formula is C38H52O10. The maximum absolute atomic E-state index is 13.0. The molecule has 5 aliphatic carbocycles. The van der Waals surface area contributed by atoms with Gasteiger partial charge in [0.2, 0.25) is 0 Å². The molecule has 0 amide bonds. The van der Waals surface area contributed by atoms with Gasteiger partial charge in [-0.1, -0.05) is 53.2 Å². The van der Waals surface area contributed by atoms with E-state index in [9.17, 15) is 29.1 Å².